The van der Waals surface area contributed by atoms with Crippen molar-refractivity contribution in [3.63, 3.8) is 0 Å². The van der Waals surface area contributed by atoms with Gasteiger partial charge in [-0.05, 0) is 6.42 Å². The van der Waals surface area contributed by atoms with Crippen molar-refractivity contribution >= 4 is 7.82 Å². The van der Waals surface area contributed by atoms with Gasteiger partial charge in [-0.15, -0.1) is 0 Å². The lowest BCUT2D eigenvalue weighted by molar-refractivity contribution is 0.113. The summed E-state index contributed by atoms with van der Waals surface area (Å²) in [5.41, 5.74) is 0. The number of rotatable bonds is 8. The van der Waals surface area contributed by atoms with Crippen LogP contribution in [-0.4, -0.2) is 6.61 Å². The molecule has 4 N–H and O–H groups in total. The van der Waals surface area contributed by atoms with E-state index < -0.39 is 7.82 Å². The SMILES string of the molecule is CCCCCCOP(=O)(ON)ON. The van der Waals surface area contributed by atoms with E-state index in [1.807, 2.05) is 0 Å². The van der Waals surface area contributed by atoms with Gasteiger partial charge in [0.15, 0.2) is 0 Å². The number of hydrogen-bond donors (Lipinski definition) is 2. The van der Waals surface area contributed by atoms with Crippen LogP contribution in [0.3, 0.4) is 0 Å². The van der Waals surface area contributed by atoms with Crippen molar-refractivity contribution in [2.45, 2.75) is 32.6 Å². The molecule has 7 heteroatoms. The van der Waals surface area contributed by atoms with Gasteiger partial charge in [0.25, 0.3) is 0 Å². The van der Waals surface area contributed by atoms with Crippen molar-refractivity contribution in [3.8, 4) is 0 Å². The molecule has 80 valence electrons. The van der Waals surface area contributed by atoms with E-state index in [9.17, 15) is 4.57 Å². The summed E-state index contributed by atoms with van der Waals surface area (Å²) < 4.78 is 23.8. The van der Waals surface area contributed by atoms with E-state index in [4.69, 9.17) is 4.52 Å². The Balaban J connectivity index is 3.45. The summed E-state index contributed by atoms with van der Waals surface area (Å²) in [6, 6.07) is 0. The molecule has 0 aromatic rings. The number of phosphoric acid groups is 1. The fraction of sp³-hybridized carbons (Fsp3) is 1.00. The first-order chi connectivity index (χ1) is 6.18. The van der Waals surface area contributed by atoms with Crippen molar-refractivity contribution in [2.24, 2.45) is 11.8 Å². The van der Waals surface area contributed by atoms with E-state index in [0.717, 1.165) is 25.7 Å². The Kier molecular flexibility index (Phi) is 7.45. The molecule has 0 bridgehead atoms. The third-order valence-corrected chi connectivity index (χ3v) is 2.52. The van der Waals surface area contributed by atoms with Crippen molar-refractivity contribution in [3.05, 3.63) is 0 Å². The van der Waals surface area contributed by atoms with Gasteiger partial charge in [0.05, 0.1) is 6.61 Å². The van der Waals surface area contributed by atoms with Crippen LogP contribution < -0.4 is 11.8 Å². The highest BCUT2D eigenvalue weighted by Crippen LogP contribution is 2.45. The van der Waals surface area contributed by atoms with Crippen LogP contribution in [0.15, 0.2) is 0 Å². The molecular formula is C6H17N2O4P. The van der Waals surface area contributed by atoms with E-state index >= 15 is 0 Å². The molecule has 0 saturated heterocycles. The molecule has 0 aliphatic heterocycles. The molecule has 0 saturated carbocycles. The number of nitrogens with two attached hydrogens (primary N) is 2. The zero-order valence-corrected chi connectivity index (χ0v) is 8.66. The Bertz CT molecular complexity index is 159. The van der Waals surface area contributed by atoms with E-state index in [1.165, 1.54) is 0 Å². The van der Waals surface area contributed by atoms with Gasteiger partial charge in [-0.2, -0.15) is 9.25 Å². The summed E-state index contributed by atoms with van der Waals surface area (Å²) in [6.45, 7) is 2.36. The molecule has 0 aliphatic rings. The van der Waals surface area contributed by atoms with E-state index in [0.29, 0.717) is 0 Å². The molecule has 0 atom stereocenters. The highest BCUT2D eigenvalue weighted by molar-refractivity contribution is 7.48. The molecule has 13 heavy (non-hydrogen) atoms. The van der Waals surface area contributed by atoms with Gasteiger partial charge in [-0.3, -0.25) is 4.52 Å². The Morgan fingerprint density at radius 1 is 1.15 bits per heavy atom. The van der Waals surface area contributed by atoms with Crippen molar-refractivity contribution in [1.82, 2.24) is 0 Å². The Morgan fingerprint density at radius 2 is 1.77 bits per heavy atom. The first kappa shape index (κ1) is 13.0. The fourth-order valence-electron chi connectivity index (χ4n) is 0.791. The molecule has 0 aromatic heterocycles. The molecule has 0 fully saturated rings. The predicted octanol–water partition coefficient (Wildman–Crippen LogP) is 1.47. The molecule has 0 amide bonds. The average Bonchev–Trinajstić information content (AvgIpc) is 2.17. The summed E-state index contributed by atoms with van der Waals surface area (Å²) in [7, 11) is -3.67. The van der Waals surface area contributed by atoms with Crippen LogP contribution in [0.1, 0.15) is 32.6 Å². The third kappa shape index (κ3) is 6.15. The normalized spacial score (nSPS) is 11.9. The van der Waals surface area contributed by atoms with Crippen LogP contribution >= 0.6 is 7.82 Å². The Morgan fingerprint density at radius 3 is 2.23 bits per heavy atom. The van der Waals surface area contributed by atoms with Crippen LogP contribution in [0, 0.1) is 0 Å². The standard InChI is InChI=1S/C6H17N2O4P/c1-2-3-4-5-6-10-13(9,11-7)12-8/h2-8H2,1H3. The summed E-state index contributed by atoms with van der Waals surface area (Å²) in [6.07, 6.45) is 4.02. The predicted molar refractivity (Wildman–Crippen MR) is 48.2 cm³/mol. The minimum absolute atomic E-state index is 0.270. The van der Waals surface area contributed by atoms with Gasteiger partial charge in [-0.1, -0.05) is 26.2 Å². The van der Waals surface area contributed by atoms with Gasteiger partial charge < -0.3 is 0 Å². The highest BCUT2D eigenvalue weighted by atomic mass is 31.2. The lowest BCUT2D eigenvalue weighted by Gasteiger charge is -2.10. The molecule has 0 unspecified atom stereocenters. The molecule has 6 nitrogen and oxygen atoms in total. The van der Waals surface area contributed by atoms with E-state index in [1.54, 1.807) is 0 Å². The van der Waals surface area contributed by atoms with Gasteiger partial charge >= 0.3 is 7.82 Å². The van der Waals surface area contributed by atoms with Crippen molar-refractivity contribution < 1.29 is 18.3 Å². The van der Waals surface area contributed by atoms with E-state index in [-0.39, 0.29) is 6.61 Å². The fourth-order valence-corrected chi connectivity index (χ4v) is 1.32. The monoisotopic (exact) mass is 212 g/mol. The summed E-state index contributed by atoms with van der Waals surface area (Å²) in [5, 5.41) is 0. The maximum Gasteiger partial charge on any atom is 0.507 e. The maximum atomic E-state index is 11.1. The third-order valence-electron chi connectivity index (χ3n) is 1.51. The minimum atomic E-state index is -3.67. The molecular weight excluding hydrogens is 195 g/mol. The smallest absolute Gasteiger partial charge is 0.285 e. The summed E-state index contributed by atoms with van der Waals surface area (Å²) in [5.74, 6) is 9.33. The van der Waals surface area contributed by atoms with Crippen LogP contribution in [0.25, 0.3) is 0 Å². The molecule has 0 aliphatic carbocycles. The summed E-state index contributed by atoms with van der Waals surface area (Å²) >= 11 is 0. The molecule has 0 spiro atoms. The van der Waals surface area contributed by atoms with Gasteiger partial charge in [-0.25, -0.2) is 16.4 Å². The number of unbranched alkanes of at least 4 members (excludes halogenated alkanes) is 3. The lowest BCUT2D eigenvalue weighted by atomic mass is 10.2. The first-order valence-corrected chi connectivity index (χ1v) is 5.66. The van der Waals surface area contributed by atoms with Crippen LogP contribution in [0.4, 0.5) is 0 Å². The largest absolute Gasteiger partial charge is 0.507 e. The van der Waals surface area contributed by atoms with Gasteiger partial charge in [0.1, 0.15) is 0 Å². The van der Waals surface area contributed by atoms with Crippen LogP contribution in [0.5, 0.6) is 0 Å². The molecule has 0 aromatic carbocycles. The second kappa shape index (κ2) is 7.44. The second-order valence-electron chi connectivity index (χ2n) is 2.55. The molecule has 0 heterocycles. The number of hydrogen-bond acceptors (Lipinski definition) is 6. The first-order valence-electron chi connectivity index (χ1n) is 4.20. The van der Waals surface area contributed by atoms with Crippen LogP contribution in [0.2, 0.25) is 0 Å². The van der Waals surface area contributed by atoms with Gasteiger partial charge in [0.2, 0.25) is 0 Å². The average molecular weight is 212 g/mol. The zero-order valence-electron chi connectivity index (χ0n) is 7.77. The molecule has 0 radical (unpaired) electrons. The Labute approximate surface area is 78.0 Å². The zero-order chi connectivity index (χ0) is 10.2. The molecule has 0 rings (SSSR count). The highest BCUT2D eigenvalue weighted by Gasteiger charge is 2.24. The van der Waals surface area contributed by atoms with E-state index in [2.05, 4.69) is 28.0 Å². The quantitative estimate of drug-likeness (QED) is 0.359. The second-order valence-corrected chi connectivity index (χ2v) is 4.13. The van der Waals surface area contributed by atoms with Crippen molar-refractivity contribution in [2.75, 3.05) is 6.61 Å². The summed E-state index contributed by atoms with van der Waals surface area (Å²) in [4.78, 5) is 0. The van der Waals surface area contributed by atoms with Crippen molar-refractivity contribution in [1.29, 1.82) is 0 Å². The maximum absolute atomic E-state index is 11.1. The Hall–Kier alpha value is 0.0300. The lowest BCUT2D eigenvalue weighted by Crippen LogP contribution is -2.08. The van der Waals surface area contributed by atoms with Crippen LogP contribution in [-0.2, 0) is 18.3 Å². The van der Waals surface area contributed by atoms with Gasteiger partial charge in [0, 0.05) is 0 Å². The minimum Gasteiger partial charge on any atom is -0.285 e. The topological polar surface area (TPSA) is 96.8 Å².